The van der Waals surface area contributed by atoms with Crippen molar-refractivity contribution >= 4 is 5.91 Å². The fraction of sp³-hybridized carbons (Fsp3) is 0.611. The van der Waals surface area contributed by atoms with E-state index in [0.29, 0.717) is 38.2 Å². The number of hydrogen-bond donors (Lipinski definition) is 1. The summed E-state index contributed by atoms with van der Waals surface area (Å²) >= 11 is 0. The Balaban J connectivity index is 2.00. The number of nitrogens with two attached hydrogens (primary N) is 1. The Labute approximate surface area is 142 Å². The summed E-state index contributed by atoms with van der Waals surface area (Å²) in [5.74, 6) is -1.07. The number of nitrogens with zero attached hydrogens (tertiary/aromatic N) is 2. The molecule has 0 radical (unpaired) electrons. The Hall–Kier alpha value is -1.53. The maximum Gasteiger partial charge on any atom is 0.239 e. The van der Waals surface area contributed by atoms with E-state index < -0.39 is 17.7 Å². The average Bonchev–Trinajstić information content (AvgIpc) is 2.57. The van der Waals surface area contributed by atoms with Gasteiger partial charge in [0.25, 0.3) is 0 Å². The van der Waals surface area contributed by atoms with E-state index in [4.69, 9.17) is 5.73 Å². The largest absolute Gasteiger partial charge is 0.339 e. The molecule has 0 saturated carbocycles. The van der Waals surface area contributed by atoms with Crippen molar-refractivity contribution in [2.45, 2.75) is 45.2 Å². The Kier molecular flexibility index (Phi) is 6.69. The molecule has 2 unspecified atom stereocenters. The highest BCUT2D eigenvalue weighted by Crippen LogP contribution is 2.28. The van der Waals surface area contributed by atoms with Crippen LogP contribution in [0.15, 0.2) is 18.2 Å². The highest BCUT2D eigenvalue weighted by molar-refractivity contribution is 5.81. The molecule has 6 heteroatoms. The molecule has 0 bridgehead atoms. The summed E-state index contributed by atoms with van der Waals surface area (Å²) in [5.41, 5.74) is 6.43. The zero-order valence-electron chi connectivity index (χ0n) is 14.5. The maximum absolute atomic E-state index is 14.1. The molecule has 2 N–H and O–H groups in total. The topological polar surface area (TPSA) is 49.6 Å². The Morgan fingerprint density at radius 3 is 2.42 bits per heavy atom. The van der Waals surface area contributed by atoms with Crippen LogP contribution in [-0.4, -0.2) is 47.9 Å². The average molecular weight is 339 g/mol. The van der Waals surface area contributed by atoms with E-state index >= 15 is 0 Å². The number of hydrogen-bond acceptors (Lipinski definition) is 3. The Morgan fingerprint density at radius 1 is 1.21 bits per heavy atom. The lowest BCUT2D eigenvalue weighted by atomic mass is 10.0. The van der Waals surface area contributed by atoms with Gasteiger partial charge in [0.15, 0.2) is 0 Å². The molecule has 1 amide bonds. The molecule has 0 spiro atoms. The highest BCUT2D eigenvalue weighted by Gasteiger charge is 2.29. The molecule has 2 rings (SSSR count). The predicted octanol–water partition coefficient (Wildman–Crippen LogP) is 2.69. The molecule has 1 fully saturated rings. The first-order valence-electron chi connectivity index (χ1n) is 8.71. The Bertz CT molecular complexity index is 559. The smallest absolute Gasteiger partial charge is 0.239 e. The zero-order chi connectivity index (χ0) is 17.7. The number of benzene rings is 1. The van der Waals surface area contributed by atoms with Crippen molar-refractivity contribution in [1.82, 2.24) is 9.80 Å². The van der Waals surface area contributed by atoms with Gasteiger partial charge in [0.1, 0.15) is 11.6 Å². The van der Waals surface area contributed by atoms with Crippen molar-refractivity contribution in [1.29, 1.82) is 0 Å². The molecule has 1 aliphatic rings. The lowest BCUT2D eigenvalue weighted by Gasteiger charge is -2.40. The van der Waals surface area contributed by atoms with Crippen LogP contribution in [0.5, 0.6) is 0 Å². The van der Waals surface area contributed by atoms with Crippen LogP contribution in [0.4, 0.5) is 8.78 Å². The fourth-order valence-corrected chi connectivity index (χ4v) is 3.37. The number of piperazine rings is 1. The Morgan fingerprint density at radius 2 is 1.88 bits per heavy atom. The van der Waals surface area contributed by atoms with E-state index in [1.165, 1.54) is 12.1 Å². The summed E-state index contributed by atoms with van der Waals surface area (Å²) in [4.78, 5) is 16.2. The van der Waals surface area contributed by atoms with Crippen LogP contribution in [-0.2, 0) is 4.79 Å². The first kappa shape index (κ1) is 18.8. The fourth-order valence-electron chi connectivity index (χ4n) is 3.37. The standard InChI is InChI=1S/C18H27F2N3O/c1-3-5-16(21)18(24)23-10-8-22(9-11-23)17(4-2)14-7-6-13(19)12-15(14)20/h6-7,12,16-17H,3-5,8-11,21H2,1-2H3. The van der Waals surface area contributed by atoms with Crippen LogP contribution >= 0.6 is 0 Å². The van der Waals surface area contributed by atoms with Crippen LogP contribution in [0.3, 0.4) is 0 Å². The van der Waals surface area contributed by atoms with Gasteiger partial charge in [0, 0.05) is 43.9 Å². The summed E-state index contributed by atoms with van der Waals surface area (Å²) in [5, 5.41) is 0. The van der Waals surface area contributed by atoms with E-state index in [1.54, 1.807) is 4.90 Å². The van der Waals surface area contributed by atoms with E-state index in [2.05, 4.69) is 4.90 Å². The second-order valence-corrected chi connectivity index (χ2v) is 6.35. The van der Waals surface area contributed by atoms with Crippen molar-refractivity contribution in [2.75, 3.05) is 26.2 Å². The lowest BCUT2D eigenvalue weighted by Crippen LogP contribution is -2.53. The quantitative estimate of drug-likeness (QED) is 0.867. The number of halogens is 2. The molecule has 134 valence electrons. The predicted molar refractivity (Wildman–Crippen MR) is 90.4 cm³/mol. The molecule has 1 aromatic rings. The van der Waals surface area contributed by atoms with Gasteiger partial charge < -0.3 is 10.6 Å². The van der Waals surface area contributed by atoms with Gasteiger partial charge in [0.2, 0.25) is 5.91 Å². The molecule has 4 nitrogen and oxygen atoms in total. The second-order valence-electron chi connectivity index (χ2n) is 6.35. The normalized spacial score (nSPS) is 18.5. The van der Waals surface area contributed by atoms with Gasteiger partial charge >= 0.3 is 0 Å². The van der Waals surface area contributed by atoms with Gasteiger partial charge in [0.05, 0.1) is 6.04 Å². The van der Waals surface area contributed by atoms with Crippen LogP contribution < -0.4 is 5.73 Å². The van der Waals surface area contributed by atoms with Crippen molar-refractivity contribution in [3.8, 4) is 0 Å². The van der Waals surface area contributed by atoms with E-state index in [-0.39, 0.29) is 11.9 Å². The second kappa shape index (κ2) is 8.53. The van der Waals surface area contributed by atoms with Crippen molar-refractivity contribution < 1.29 is 13.6 Å². The van der Waals surface area contributed by atoms with Gasteiger partial charge in [-0.1, -0.05) is 26.3 Å². The molecule has 0 aliphatic carbocycles. The summed E-state index contributed by atoms with van der Waals surface area (Å²) in [6.07, 6.45) is 2.30. The number of amides is 1. The summed E-state index contributed by atoms with van der Waals surface area (Å²) in [6.45, 7) is 6.52. The van der Waals surface area contributed by atoms with Gasteiger partial charge in [-0.25, -0.2) is 8.78 Å². The zero-order valence-corrected chi connectivity index (χ0v) is 14.5. The number of carbonyl (C=O) groups is 1. The minimum absolute atomic E-state index is 0.00230. The number of carbonyl (C=O) groups excluding carboxylic acids is 1. The van der Waals surface area contributed by atoms with Gasteiger partial charge in [-0.05, 0) is 18.9 Å². The molecule has 1 aliphatic heterocycles. The molecule has 1 heterocycles. The van der Waals surface area contributed by atoms with Crippen molar-refractivity contribution in [2.24, 2.45) is 5.73 Å². The summed E-state index contributed by atoms with van der Waals surface area (Å²) < 4.78 is 27.2. The summed E-state index contributed by atoms with van der Waals surface area (Å²) in [6, 6.07) is 3.21. The van der Waals surface area contributed by atoms with Crippen LogP contribution in [0.2, 0.25) is 0 Å². The van der Waals surface area contributed by atoms with Crippen LogP contribution in [0.1, 0.15) is 44.7 Å². The molecular formula is C18H27F2N3O. The first-order chi connectivity index (χ1) is 11.5. The van der Waals surface area contributed by atoms with E-state index in [0.717, 1.165) is 18.9 Å². The lowest BCUT2D eigenvalue weighted by molar-refractivity contribution is -0.134. The van der Waals surface area contributed by atoms with Crippen LogP contribution in [0, 0.1) is 11.6 Å². The molecule has 1 aromatic carbocycles. The monoisotopic (exact) mass is 339 g/mol. The minimum Gasteiger partial charge on any atom is -0.339 e. The van der Waals surface area contributed by atoms with E-state index in [1.807, 2.05) is 13.8 Å². The van der Waals surface area contributed by atoms with Crippen molar-refractivity contribution in [3.63, 3.8) is 0 Å². The van der Waals surface area contributed by atoms with E-state index in [9.17, 15) is 13.6 Å². The van der Waals surface area contributed by atoms with Gasteiger partial charge in [-0.15, -0.1) is 0 Å². The number of rotatable bonds is 6. The summed E-state index contributed by atoms with van der Waals surface area (Å²) in [7, 11) is 0. The maximum atomic E-state index is 14.1. The SMILES string of the molecule is CCCC(N)C(=O)N1CCN(C(CC)c2ccc(F)cc2F)CC1. The molecule has 0 aromatic heterocycles. The van der Waals surface area contributed by atoms with Gasteiger partial charge in [-0.2, -0.15) is 0 Å². The van der Waals surface area contributed by atoms with Gasteiger partial charge in [-0.3, -0.25) is 9.69 Å². The highest BCUT2D eigenvalue weighted by atomic mass is 19.1. The minimum atomic E-state index is -0.563. The third kappa shape index (κ3) is 4.30. The third-order valence-corrected chi connectivity index (χ3v) is 4.69. The van der Waals surface area contributed by atoms with Crippen molar-refractivity contribution in [3.05, 3.63) is 35.4 Å². The molecule has 2 atom stereocenters. The van der Waals surface area contributed by atoms with Crippen LogP contribution in [0.25, 0.3) is 0 Å². The molecule has 1 saturated heterocycles. The molecule has 24 heavy (non-hydrogen) atoms. The first-order valence-corrected chi connectivity index (χ1v) is 8.71. The molecular weight excluding hydrogens is 312 g/mol. The third-order valence-electron chi connectivity index (χ3n) is 4.69.